The van der Waals surface area contributed by atoms with E-state index >= 15 is 0 Å². The molecule has 0 aliphatic carbocycles. The average molecular weight is 407 g/mol. The number of benzene rings is 2. The maximum Gasteiger partial charge on any atom is 0.110 e. The van der Waals surface area contributed by atoms with E-state index in [1.54, 1.807) is 0 Å². The van der Waals surface area contributed by atoms with E-state index < -0.39 is 0 Å². The highest BCUT2D eigenvalue weighted by molar-refractivity contribution is 5.80. The first-order valence-corrected chi connectivity index (χ1v) is 11.7. The van der Waals surface area contributed by atoms with E-state index in [2.05, 4.69) is 110 Å². The van der Waals surface area contributed by atoms with Crippen molar-refractivity contribution in [3.63, 3.8) is 0 Å². The molecule has 2 heterocycles. The lowest BCUT2D eigenvalue weighted by Gasteiger charge is -2.48. The van der Waals surface area contributed by atoms with Crippen LogP contribution in [0.2, 0.25) is 0 Å². The van der Waals surface area contributed by atoms with Crippen molar-refractivity contribution in [2.45, 2.75) is 65.7 Å². The van der Waals surface area contributed by atoms with Gasteiger partial charge < -0.3 is 19.6 Å². The topological polar surface area (TPSA) is 13.0 Å². The Hall–Kier alpha value is -2.36. The Morgan fingerprint density at radius 2 is 0.733 bits per heavy atom. The summed E-state index contributed by atoms with van der Waals surface area (Å²) in [6.45, 7) is 18.1. The summed E-state index contributed by atoms with van der Waals surface area (Å²) in [4.78, 5) is 10.5. The van der Waals surface area contributed by atoms with Crippen molar-refractivity contribution in [1.29, 1.82) is 0 Å². The van der Waals surface area contributed by atoms with Gasteiger partial charge in [-0.1, -0.05) is 24.3 Å². The van der Waals surface area contributed by atoms with Crippen LogP contribution in [0.4, 0.5) is 22.7 Å². The van der Waals surface area contributed by atoms with E-state index in [-0.39, 0.29) is 11.3 Å². The smallest absolute Gasteiger partial charge is 0.110 e. The van der Waals surface area contributed by atoms with Crippen LogP contribution < -0.4 is 19.6 Å². The molecule has 0 N–H and O–H groups in total. The standard InChI is InChI=1S/C26H38N4/c1-7-27-21-15-11-12-16-22(21)28(8-2)25(27,5)19-20-26(6)29(9-3)23-17-13-14-18-24(23)30(26)10-4/h11-18H,7-10,19-20H2,1-6H3. The molecular weight excluding hydrogens is 368 g/mol. The fraction of sp³-hybridized carbons (Fsp3) is 0.538. The second kappa shape index (κ2) is 7.72. The van der Waals surface area contributed by atoms with Crippen molar-refractivity contribution < 1.29 is 0 Å². The van der Waals surface area contributed by atoms with E-state index in [1.807, 2.05) is 0 Å². The van der Waals surface area contributed by atoms with Gasteiger partial charge in [-0.3, -0.25) is 0 Å². The van der Waals surface area contributed by atoms with Gasteiger partial charge >= 0.3 is 0 Å². The lowest BCUT2D eigenvalue weighted by atomic mass is 9.94. The van der Waals surface area contributed by atoms with Gasteiger partial charge in [-0.15, -0.1) is 0 Å². The third-order valence-corrected chi connectivity index (χ3v) is 7.59. The Morgan fingerprint density at radius 3 is 0.933 bits per heavy atom. The number of fused-ring (bicyclic) bond motifs is 2. The van der Waals surface area contributed by atoms with Gasteiger partial charge in [0.05, 0.1) is 22.7 Å². The van der Waals surface area contributed by atoms with Crippen LogP contribution >= 0.6 is 0 Å². The number of para-hydroxylation sites is 4. The van der Waals surface area contributed by atoms with Crippen LogP contribution in [0.3, 0.4) is 0 Å². The molecule has 4 nitrogen and oxygen atoms in total. The second-order valence-electron chi connectivity index (χ2n) is 8.89. The SMILES string of the molecule is CCN1c2ccccc2N(CC)C1(C)CCC1(C)N(CC)c2ccccc2N1CC. The highest BCUT2D eigenvalue weighted by Crippen LogP contribution is 2.50. The van der Waals surface area contributed by atoms with Crippen molar-refractivity contribution in [3.8, 4) is 0 Å². The highest BCUT2D eigenvalue weighted by atomic mass is 15.5. The van der Waals surface area contributed by atoms with E-state index in [0.717, 1.165) is 39.0 Å². The summed E-state index contributed by atoms with van der Waals surface area (Å²) in [6.07, 6.45) is 2.22. The van der Waals surface area contributed by atoms with E-state index in [9.17, 15) is 0 Å². The zero-order valence-corrected chi connectivity index (χ0v) is 19.7. The maximum absolute atomic E-state index is 2.61. The monoisotopic (exact) mass is 406 g/mol. The Balaban J connectivity index is 1.68. The summed E-state index contributed by atoms with van der Waals surface area (Å²) in [5.74, 6) is 0. The molecule has 30 heavy (non-hydrogen) atoms. The van der Waals surface area contributed by atoms with E-state index in [4.69, 9.17) is 0 Å². The van der Waals surface area contributed by atoms with Gasteiger partial charge in [0.25, 0.3) is 0 Å². The molecule has 0 fully saturated rings. The fourth-order valence-electron chi connectivity index (χ4n) is 6.23. The molecule has 0 atom stereocenters. The van der Waals surface area contributed by atoms with Gasteiger partial charge in [-0.2, -0.15) is 0 Å². The fourth-order valence-corrected chi connectivity index (χ4v) is 6.23. The van der Waals surface area contributed by atoms with Gasteiger partial charge in [-0.05, 0) is 78.6 Å². The van der Waals surface area contributed by atoms with Crippen LogP contribution in [-0.2, 0) is 0 Å². The third kappa shape index (κ3) is 2.79. The first-order chi connectivity index (χ1) is 14.5. The molecule has 0 saturated heterocycles. The molecule has 4 heteroatoms. The minimum Gasteiger partial charge on any atom is -0.347 e. The summed E-state index contributed by atoms with van der Waals surface area (Å²) in [5, 5.41) is 0. The molecule has 2 aliphatic rings. The quantitative estimate of drug-likeness (QED) is 0.565. The number of hydrogen-bond acceptors (Lipinski definition) is 4. The van der Waals surface area contributed by atoms with Crippen molar-refractivity contribution >= 4 is 22.7 Å². The van der Waals surface area contributed by atoms with Crippen LogP contribution in [0, 0.1) is 0 Å². The van der Waals surface area contributed by atoms with Crippen molar-refractivity contribution in [1.82, 2.24) is 0 Å². The van der Waals surface area contributed by atoms with Gasteiger partial charge in [0.2, 0.25) is 0 Å². The normalized spacial score (nSPS) is 18.7. The summed E-state index contributed by atoms with van der Waals surface area (Å²) in [5.41, 5.74) is 5.49. The van der Waals surface area contributed by atoms with Crippen LogP contribution in [0.1, 0.15) is 54.4 Å². The maximum atomic E-state index is 2.61. The average Bonchev–Trinajstić information content (AvgIpc) is 3.16. The summed E-state index contributed by atoms with van der Waals surface area (Å²) >= 11 is 0. The number of anilines is 4. The Kier molecular flexibility index (Phi) is 5.37. The summed E-state index contributed by atoms with van der Waals surface area (Å²) in [6, 6.07) is 17.9. The predicted octanol–water partition coefficient (Wildman–Crippen LogP) is 5.93. The lowest BCUT2D eigenvalue weighted by Crippen LogP contribution is -2.59. The lowest BCUT2D eigenvalue weighted by molar-refractivity contribution is 0.311. The van der Waals surface area contributed by atoms with Gasteiger partial charge in [-0.25, -0.2) is 0 Å². The van der Waals surface area contributed by atoms with E-state index in [1.165, 1.54) is 22.7 Å². The molecule has 2 aliphatic heterocycles. The summed E-state index contributed by atoms with van der Waals surface area (Å²) < 4.78 is 0. The molecule has 0 spiro atoms. The molecular formula is C26H38N4. The van der Waals surface area contributed by atoms with Gasteiger partial charge in [0.1, 0.15) is 11.3 Å². The van der Waals surface area contributed by atoms with E-state index in [0.29, 0.717) is 0 Å². The van der Waals surface area contributed by atoms with Gasteiger partial charge in [0, 0.05) is 26.2 Å². The van der Waals surface area contributed by atoms with Crippen LogP contribution in [0.5, 0.6) is 0 Å². The molecule has 0 radical (unpaired) electrons. The second-order valence-corrected chi connectivity index (χ2v) is 8.89. The third-order valence-electron chi connectivity index (χ3n) is 7.59. The summed E-state index contributed by atoms with van der Waals surface area (Å²) in [7, 11) is 0. The molecule has 2 aromatic carbocycles. The molecule has 0 bridgehead atoms. The molecule has 162 valence electrons. The number of nitrogens with zero attached hydrogens (tertiary/aromatic N) is 4. The molecule has 0 amide bonds. The zero-order chi connectivity index (χ0) is 21.5. The molecule has 0 unspecified atom stereocenters. The largest absolute Gasteiger partial charge is 0.347 e. The molecule has 0 saturated carbocycles. The number of rotatable bonds is 7. The Morgan fingerprint density at radius 1 is 0.500 bits per heavy atom. The molecule has 4 rings (SSSR count). The first kappa shape index (κ1) is 20.9. The van der Waals surface area contributed by atoms with Crippen molar-refractivity contribution in [2.75, 3.05) is 45.8 Å². The van der Waals surface area contributed by atoms with Gasteiger partial charge in [0.15, 0.2) is 0 Å². The Bertz CT molecular complexity index is 757. The molecule has 0 aromatic heterocycles. The van der Waals surface area contributed by atoms with Crippen molar-refractivity contribution in [2.24, 2.45) is 0 Å². The molecule has 2 aromatic rings. The van der Waals surface area contributed by atoms with Crippen molar-refractivity contribution in [3.05, 3.63) is 48.5 Å². The minimum absolute atomic E-state index is 0.0101. The van der Waals surface area contributed by atoms with Crippen LogP contribution in [0.15, 0.2) is 48.5 Å². The highest BCUT2D eigenvalue weighted by Gasteiger charge is 2.49. The Labute approximate surface area is 183 Å². The van der Waals surface area contributed by atoms with Crippen LogP contribution in [0.25, 0.3) is 0 Å². The number of hydrogen-bond donors (Lipinski definition) is 0. The zero-order valence-electron chi connectivity index (χ0n) is 19.7. The predicted molar refractivity (Wildman–Crippen MR) is 131 cm³/mol. The minimum atomic E-state index is -0.0101. The first-order valence-electron chi connectivity index (χ1n) is 11.7. The van der Waals surface area contributed by atoms with Crippen LogP contribution in [-0.4, -0.2) is 37.5 Å².